The topological polar surface area (TPSA) is 53.7 Å². The Kier molecular flexibility index (Phi) is 5.14. The molecule has 0 amide bonds. The van der Waals surface area contributed by atoms with E-state index in [0.29, 0.717) is 11.8 Å². The molecule has 0 bridgehead atoms. The van der Waals surface area contributed by atoms with Crippen molar-refractivity contribution in [3.8, 4) is 5.88 Å². The summed E-state index contributed by atoms with van der Waals surface area (Å²) in [5.74, 6) is 2.14. The average molecular weight is 405 g/mol. The molecule has 0 unspecified atom stereocenters. The predicted octanol–water partition coefficient (Wildman–Crippen LogP) is 4.78. The largest absolute Gasteiger partial charge is 0.492 e. The fourth-order valence-electron chi connectivity index (χ4n) is 4.24. The van der Waals surface area contributed by atoms with E-state index in [1.54, 1.807) is 4.52 Å². The normalized spacial score (nSPS) is 22.4. The lowest BCUT2D eigenvalue weighted by Gasteiger charge is -2.40. The standard InChI is InChI=1S/C20H25ClN4OS/c1-4-16-22-20-25(23-16)19(26)18(27-20)17(14-7-5-6-8-15(14)21)24-10-12(2)9-13(3)11-24/h5-8,12-13,17,26H,4,9-11H2,1-3H3/t12-,13-,17-/m0/s1. The Morgan fingerprint density at radius 2 is 1.96 bits per heavy atom. The highest BCUT2D eigenvalue weighted by Gasteiger charge is 2.34. The fourth-order valence-corrected chi connectivity index (χ4v) is 5.61. The maximum atomic E-state index is 11.0. The van der Waals surface area contributed by atoms with Crippen molar-refractivity contribution < 1.29 is 5.11 Å². The number of aryl methyl sites for hydroxylation is 1. The first-order chi connectivity index (χ1) is 13.0. The van der Waals surface area contributed by atoms with Crippen molar-refractivity contribution >= 4 is 27.9 Å². The minimum atomic E-state index is -0.0949. The maximum absolute atomic E-state index is 11.0. The van der Waals surface area contributed by atoms with E-state index >= 15 is 0 Å². The molecule has 0 radical (unpaired) electrons. The van der Waals surface area contributed by atoms with Crippen LogP contribution in [-0.4, -0.2) is 37.7 Å². The van der Waals surface area contributed by atoms with Crippen LogP contribution in [0.2, 0.25) is 5.02 Å². The summed E-state index contributed by atoms with van der Waals surface area (Å²) in [6.45, 7) is 8.56. The van der Waals surface area contributed by atoms with Crippen molar-refractivity contribution in [3.05, 3.63) is 45.6 Å². The first-order valence-electron chi connectivity index (χ1n) is 9.53. The first-order valence-corrected chi connectivity index (χ1v) is 10.7. The number of halogens is 1. The molecular formula is C20H25ClN4OS. The number of aromatic hydroxyl groups is 1. The van der Waals surface area contributed by atoms with Crippen LogP contribution in [0.4, 0.5) is 0 Å². The molecule has 1 aliphatic heterocycles. The third-order valence-corrected chi connectivity index (χ3v) is 6.69. The van der Waals surface area contributed by atoms with Crippen LogP contribution in [0.3, 0.4) is 0 Å². The van der Waals surface area contributed by atoms with E-state index in [0.717, 1.165) is 45.8 Å². The van der Waals surface area contributed by atoms with E-state index in [-0.39, 0.29) is 11.9 Å². The predicted molar refractivity (Wildman–Crippen MR) is 110 cm³/mol. The lowest BCUT2D eigenvalue weighted by atomic mass is 9.89. The summed E-state index contributed by atoms with van der Waals surface area (Å²) in [6, 6.07) is 7.84. The number of fused-ring (bicyclic) bond motifs is 1. The zero-order valence-electron chi connectivity index (χ0n) is 15.9. The quantitative estimate of drug-likeness (QED) is 0.679. The Hall–Kier alpha value is -1.63. The molecule has 2 aromatic heterocycles. The van der Waals surface area contributed by atoms with Gasteiger partial charge in [0.2, 0.25) is 10.8 Å². The van der Waals surface area contributed by atoms with Gasteiger partial charge in [-0.25, -0.2) is 4.98 Å². The van der Waals surface area contributed by atoms with Gasteiger partial charge in [0.05, 0.1) is 10.9 Å². The molecule has 3 atom stereocenters. The Morgan fingerprint density at radius 3 is 2.59 bits per heavy atom. The van der Waals surface area contributed by atoms with Crippen LogP contribution in [0.1, 0.15) is 49.5 Å². The van der Waals surface area contributed by atoms with Gasteiger partial charge in [0, 0.05) is 24.5 Å². The first kappa shape index (κ1) is 18.7. The third-order valence-electron chi connectivity index (χ3n) is 5.27. The van der Waals surface area contributed by atoms with Crippen molar-refractivity contribution in [1.29, 1.82) is 0 Å². The molecule has 1 aromatic carbocycles. The van der Waals surface area contributed by atoms with E-state index in [9.17, 15) is 5.11 Å². The second-order valence-corrected chi connectivity index (χ2v) is 9.11. The number of rotatable bonds is 4. The molecule has 4 rings (SSSR count). The monoisotopic (exact) mass is 404 g/mol. The van der Waals surface area contributed by atoms with Crippen LogP contribution in [0.25, 0.3) is 4.96 Å². The van der Waals surface area contributed by atoms with Gasteiger partial charge in [0.15, 0.2) is 5.82 Å². The van der Waals surface area contributed by atoms with Crippen LogP contribution in [0.5, 0.6) is 5.88 Å². The van der Waals surface area contributed by atoms with E-state index in [2.05, 4.69) is 34.9 Å². The smallest absolute Gasteiger partial charge is 0.230 e. The molecule has 0 saturated carbocycles. The molecule has 0 aliphatic carbocycles. The summed E-state index contributed by atoms with van der Waals surface area (Å²) in [5.41, 5.74) is 1.02. The van der Waals surface area contributed by atoms with Crippen molar-refractivity contribution in [2.75, 3.05) is 13.1 Å². The highest BCUT2D eigenvalue weighted by molar-refractivity contribution is 7.17. The van der Waals surface area contributed by atoms with Crippen LogP contribution in [0.15, 0.2) is 24.3 Å². The van der Waals surface area contributed by atoms with E-state index in [4.69, 9.17) is 11.6 Å². The van der Waals surface area contributed by atoms with Crippen molar-refractivity contribution in [2.45, 2.75) is 39.7 Å². The number of benzene rings is 1. The molecule has 3 heterocycles. The number of likely N-dealkylation sites (tertiary alicyclic amines) is 1. The number of hydrogen-bond donors (Lipinski definition) is 1. The highest BCUT2D eigenvalue weighted by atomic mass is 35.5. The number of nitrogens with zero attached hydrogens (tertiary/aromatic N) is 4. The molecule has 5 nitrogen and oxygen atoms in total. The minimum Gasteiger partial charge on any atom is -0.492 e. The molecule has 1 N–H and O–H groups in total. The summed E-state index contributed by atoms with van der Waals surface area (Å²) >= 11 is 8.10. The van der Waals surface area contributed by atoms with Gasteiger partial charge in [-0.15, -0.1) is 5.10 Å². The van der Waals surface area contributed by atoms with Crippen LogP contribution in [-0.2, 0) is 6.42 Å². The number of aromatic nitrogens is 3. The van der Waals surface area contributed by atoms with Gasteiger partial charge in [0.25, 0.3) is 0 Å². The van der Waals surface area contributed by atoms with Gasteiger partial charge >= 0.3 is 0 Å². The lowest BCUT2D eigenvalue weighted by Crippen LogP contribution is -2.41. The maximum Gasteiger partial charge on any atom is 0.230 e. The van der Waals surface area contributed by atoms with Gasteiger partial charge in [-0.1, -0.05) is 61.9 Å². The van der Waals surface area contributed by atoms with Crippen molar-refractivity contribution in [2.24, 2.45) is 11.8 Å². The highest BCUT2D eigenvalue weighted by Crippen LogP contribution is 2.43. The molecule has 7 heteroatoms. The van der Waals surface area contributed by atoms with Crippen molar-refractivity contribution in [3.63, 3.8) is 0 Å². The average Bonchev–Trinajstić information content (AvgIpc) is 3.16. The molecule has 0 spiro atoms. The zero-order valence-corrected chi connectivity index (χ0v) is 17.5. The Balaban J connectivity index is 1.84. The van der Waals surface area contributed by atoms with E-state index in [1.807, 2.05) is 25.1 Å². The van der Waals surface area contributed by atoms with Gasteiger partial charge in [-0.05, 0) is 29.9 Å². The molecule has 1 saturated heterocycles. The fraction of sp³-hybridized carbons (Fsp3) is 0.500. The van der Waals surface area contributed by atoms with Crippen LogP contribution < -0.4 is 0 Å². The molecule has 1 aliphatic rings. The molecular weight excluding hydrogens is 380 g/mol. The number of piperidine rings is 1. The Labute approximate surface area is 168 Å². The molecule has 3 aromatic rings. The SMILES string of the molecule is CCc1nc2sc([C@H](c3ccccc3Cl)N3C[C@@H](C)C[C@H](C)C3)c(O)n2n1. The van der Waals surface area contributed by atoms with Gasteiger partial charge < -0.3 is 5.11 Å². The minimum absolute atomic E-state index is 0.0949. The summed E-state index contributed by atoms with van der Waals surface area (Å²) < 4.78 is 1.57. The lowest BCUT2D eigenvalue weighted by molar-refractivity contribution is 0.112. The second kappa shape index (κ2) is 7.41. The van der Waals surface area contributed by atoms with Gasteiger partial charge in [-0.2, -0.15) is 4.52 Å². The summed E-state index contributed by atoms with van der Waals surface area (Å²) in [4.78, 5) is 8.59. The second-order valence-electron chi connectivity index (χ2n) is 7.69. The number of thiazole rings is 1. The Morgan fingerprint density at radius 1 is 1.26 bits per heavy atom. The zero-order chi connectivity index (χ0) is 19.1. The summed E-state index contributed by atoms with van der Waals surface area (Å²) in [7, 11) is 0. The number of hydrogen-bond acceptors (Lipinski definition) is 5. The Bertz CT molecular complexity index is 943. The molecule has 144 valence electrons. The summed E-state index contributed by atoms with van der Waals surface area (Å²) in [6.07, 6.45) is 1.98. The van der Waals surface area contributed by atoms with Crippen LogP contribution >= 0.6 is 22.9 Å². The van der Waals surface area contributed by atoms with Gasteiger partial charge in [-0.3, -0.25) is 4.90 Å². The molecule has 1 fully saturated rings. The van der Waals surface area contributed by atoms with E-state index < -0.39 is 0 Å². The van der Waals surface area contributed by atoms with Crippen LogP contribution in [0, 0.1) is 11.8 Å². The third kappa shape index (κ3) is 3.46. The van der Waals surface area contributed by atoms with E-state index in [1.165, 1.54) is 17.8 Å². The summed E-state index contributed by atoms with van der Waals surface area (Å²) in [5, 5.41) is 16.1. The van der Waals surface area contributed by atoms with Gasteiger partial charge in [0.1, 0.15) is 0 Å². The molecule has 27 heavy (non-hydrogen) atoms. The van der Waals surface area contributed by atoms with Crippen molar-refractivity contribution in [1.82, 2.24) is 19.5 Å².